The van der Waals surface area contributed by atoms with E-state index in [9.17, 15) is 18.0 Å². The summed E-state index contributed by atoms with van der Waals surface area (Å²) in [6.07, 6.45) is 1.67. The number of imidazole rings is 1. The maximum atomic E-state index is 12.9. The number of nitrogens with zero attached hydrogens (tertiary/aromatic N) is 4. The number of amides is 1. The molecule has 2 fully saturated rings. The number of pyridine rings is 1. The molecule has 1 aliphatic carbocycles. The number of thiazole rings is 1. The van der Waals surface area contributed by atoms with Crippen molar-refractivity contribution in [2.45, 2.75) is 37.9 Å². The molecule has 2 aliphatic rings. The summed E-state index contributed by atoms with van der Waals surface area (Å²) in [5.41, 5.74) is 1.73. The Hall–Kier alpha value is -2.69. The van der Waals surface area contributed by atoms with Crippen LogP contribution < -0.4 is 10.1 Å². The number of halogens is 3. The lowest BCUT2D eigenvalue weighted by Crippen LogP contribution is -2.14. The summed E-state index contributed by atoms with van der Waals surface area (Å²) >= 11 is 0.546. The lowest BCUT2D eigenvalue weighted by molar-refractivity contribution is -0.137. The monoisotopic (exact) mass is 437 g/mol. The van der Waals surface area contributed by atoms with Crippen LogP contribution in [0, 0.1) is 5.92 Å². The van der Waals surface area contributed by atoms with Gasteiger partial charge in [-0.25, -0.2) is 15.0 Å². The molecule has 0 radical (unpaired) electrons. The molecule has 158 valence electrons. The Bertz CT molecular complexity index is 1110. The summed E-state index contributed by atoms with van der Waals surface area (Å²) in [5, 5.41) is 1.89. The van der Waals surface area contributed by atoms with E-state index in [4.69, 9.17) is 4.74 Å². The van der Waals surface area contributed by atoms with Crippen LogP contribution in [0.1, 0.15) is 36.7 Å². The van der Waals surface area contributed by atoms with Gasteiger partial charge in [-0.05, 0) is 31.2 Å². The number of carbonyl (C=O) groups excluding carboxylic acids is 1. The number of carbonyl (C=O) groups is 1. The first-order chi connectivity index (χ1) is 14.4. The van der Waals surface area contributed by atoms with Gasteiger partial charge in [-0.1, -0.05) is 0 Å². The lowest BCUT2D eigenvalue weighted by Gasteiger charge is -2.12. The zero-order valence-corrected chi connectivity index (χ0v) is 16.6. The van der Waals surface area contributed by atoms with Crippen LogP contribution in [0.15, 0.2) is 18.6 Å². The molecular weight excluding hydrogens is 419 g/mol. The lowest BCUT2D eigenvalue weighted by atomic mass is 10.1. The van der Waals surface area contributed by atoms with Gasteiger partial charge in [0.25, 0.3) is 0 Å². The van der Waals surface area contributed by atoms with Gasteiger partial charge in [0.2, 0.25) is 11.8 Å². The number of alkyl halides is 3. The number of rotatable bonds is 6. The maximum Gasteiger partial charge on any atom is 0.443 e. The molecule has 0 unspecified atom stereocenters. The van der Waals surface area contributed by atoms with Crippen molar-refractivity contribution in [1.82, 2.24) is 24.8 Å². The van der Waals surface area contributed by atoms with Gasteiger partial charge >= 0.3 is 6.18 Å². The summed E-state index contributed by atoms with van der Waals surface area (Å²) in [7, 11) is 0. The molecule has 4 heterocycles. The van der Waals surface area contributed by atoms with Crippen LogP contribution in [0.2, 0.25) is 0 Å². The van der Waals surface area contributed by atoms with Crippen molar-refractivity contribution in [2.24, 2.45) is 5.92 Å². The van der Waals surface area contributed by atoms with Crippen molar-refractivity contribution in [3.63, 3.8) is 0 Å². The van der Waals surface area contributed by atoms with E-state index in [0.29, 0.717) is 65.3 Å². The molecule has 1 atom stereocenters. The molecule has 7 nitrogen and oxygen atoms in total. The number of nitrogens with one attached hydrogen (secondary N) is 1. The largest absolute Gasteiger partial charge is 0.476 e. The molecule has 1 amide bonds. The normalized spacial score (nSPS) is 19.4. The van der Waals surface area contributed by atoms with Gasteiger partial charge in [0.05, 0.1) is 29.0 Å². The third-order valence-electron chi connectivity index (χ3n) is 5.29. The third-order valence-corrected chi connectivity index (χ3v) is 6.35. The van der Waals surface area contributed by atoms with Crippen molar-refractivity contribution < 1.29 is 22.7 Å². The Kier molecular flexibility index (Phi) is 4.64. The number of ether oxygens (including phenoxy) is 1. The third kappa shape index (κ3) is 3.73. The van der Waals surface area contributed by atoms with Gasteiger partial charge in [0.15, 0.2) is 5.01 Å². The van der Waals surface area contributed by atoms with E-state index in [0.717, 1.165) is 18.4 Å². The molecule has 1 saturated heterocycles. The fourth-order valence-electron chi connectivity index (χ4n) is 3.60. The molecule has 0 spiro atoms. The predicted octanol–water partition coefficient (Wildman–Crippen LogP) is 3.81. The molecule has 0 bridgehead atoms. The van der Waals surface area contributed by atoms with E-state index in [1.54, 1.807) is 12.4 Å². The summed E-state index contributed by atoms with van der Waals surface area (Å²) in [4.78, 5) is 24.1. The van der Waals surface area contributed by atoms with Crippen LogP contribution in [-0.2, 0) is 11.0 Å². The van der Waals surface area contributed by atoms with Crippen molar-refractivity contribution in [3.05, 3.63) is 23.6 Å². The molecule has 30 heavy (non-hydrogen) atoms. The Morgan fingerprint density at radius 3 is 2.80 bits per heavy atom. The first-order valence-electron chi connectivity index (χ1n) is 9.69. The SMILES string of the molecule is O=C1C[C@@H](CCOc2nc(-c3cnc(C(F)(F)F)s3)cc3ncn(C4CC4)c23)CN1. The fourth-order valence-corrected chi connectivity index (χ4v) is 4.34. The van der Waals surface area contributed by atoms with E-state index in [2.05, 4.69) is 20.3 Å². The van der Waals surface area contributed by atoms with Gasteiger partial charge in [0, 0.05) is 25.2 Å². The van der Waals surface area contributed by atoms with E-state index < -0.39 is 11.2 Å². The molecule has 1 aliphatic heterocycles. The number of aromatic nitrogens is 4. The highest BCUT2D eigenvalue weighted by molar-refractivity contribution is 7.15. The Labute approximate surface area is 173 Å². The summed E-state index contributed by atoms with van der Waals surface area (Å²) < 4.78 is 46.8. The Morgan fingerprint density at radius 2 is 2.13 bits per heavy atom. The minimum atomic E-state index is -4.49. The minimum Gasteiger partial charge on any atom is -0.476 e. The average Bonchev–Trinajstić information content (AvgIpc) is 3.09. The highest BCUT2D eigenvalue weighted by Gasteiger charge is 2.35. The van der Waals surface area contributed by atoms with Gasteiger partial charge < -0.3 is 14.6 Å². The van der Waals surface area contributed by atoms with Crippen molar-refractivity contribution in [1.29, 1.82) is 0 Å². The topological polar surface area (TPSA) is 81.9 Å². The van der Waals surface area contributed by atoms with E-state index in [-0.39, 0.29) is 11.8 Å². The predicted molar refractivity (Wildman–Crippen MR) is 103 cm³/mol. The highest BCUT2D eigenvalue weighted by atomic mass is 32.1. The van der Waals surface area contributed by atoms with Gasteiger partial charge in [-0.2, -0.15) is 13.2 Å². The first kappa shape index (κ1) is 19.3. The molecule has 1 saturated carbocycles. The Balaban J connectivity index is 1.46. The quantitative estimate of drug-likeness (QED) is 0.634. The first-order valence-corrected chi connectivity index (χ1v) is 10.5. The summed E-state index contributed by atoms with van der Waals surface area (Å²) in [6.45, 7) is 0.990. The van der Waals surface area contributed by atoms with Crippen LogP contribution >= 0.6 is 11.3 Å². The smallest absolute Gasteiger partial charge is 0.443 e. The maximum absolute atomic E-state index is 12.9. The second-order valence-electron chi connectivity index (χ2n) is 7.60. The van der Waals surface area contributed by atoms with E-state index >= 15 is 0 Å². The van der Waals surface area contributed by atoms with Crippen LogP contribution in [0.25, 0.3) is 21.6 Å². The number of hydrogen-bond donors (Lipinski definition) is 1. The number of fused-ring (bicyclic) bond motifs is 1. The van der Waals surface area contributed by atoms with E-state index in [1.165, 1.54) is 6.20 Å². The van der Waals surface area contributed by atoms with Crippen molar-refractivity contribution >= 4 is 28.3 Å². The van der Waals surface area contributed by atoms with Crippen LogP contribution in [-0.4, -0.2) is 38.6 Å². The van der Waals surface area contributed by atoms with Crippen molar-refractivity contribution in [2.75, 3.05) is 13.2 Å². The molecule has 3 aromatic heterocycles. The zero-order valence-electron chi connectivity index (χ0n) is 15.8. The fraction of sp³-hybridized carbons (Fsp3) is 0.474. The van der Waals surface area contributed by atoms with Gasteiger partial charge in [-0.15, -0.1) is 11.3 Å². The zero-order chi connectivity index (χ0) is 20.9. The van der Waals surface area contributed by atoms with Crippen LogP contribution in [0.3, 0.4) is 0 Å². The summed E-state index contributed by atoms with van der Waals surface area (Å²) in [5.74, 6) is 0.603. The second-order valence-corrected chi connectivity index (χ2v) is 8.63. The van der Waals surface area contributed by atoms with Crippen molar-refractivity contribution in [3.8, 4) is 16.5 Å². The molecular formula is C19H18F3N5O2S. The molecule has 5 rings (SSSR count). The standard InChI is InChI=1S/C19H18F3N5O2S/c20-19(21,22)18-24-8-14(30-18)12-6-13-16(27(9-25-13)11-1-2-11)17(26-12)29-4-3-10-5-15(28)23-7-10/h6,8-11H,1-5,7H2,(H,23,28)/t10-/m1/s1. The van der Waals surface area contributed by atoms with Gasteiger partial charge in [-0.3, -0.25) is 4.79 Å². The molecule has 1 N–H and O–H groups in total. The molecule has 3 aromatic rings. The minimum absolute atomic E-state index is 0.0417. The van der Waals surface area contributed by atoms with Crippen LogP contribution in [0.5, 0.6) is 5.88 Å². The number of hydrogen-bond acceptors (Lipinski definition) is 6. The van der Waals surface area contributed by atoms with E-state index in [1.807, 2.05) is 4.57 Å². The summed E-state index contributed by atoms with van der Waals surface area (Å²) in [6, 6.07) is 2.02. The Morgan fingerprint density at radius 1 is 1.30 bits per heavy atom. The molecule has 11 heteroatoms. The molecule has 0 aromatic carbocycles. The van der Waals surface area contributed by atoms with Crippen LogP contribution in [0.4, 0.5) is 13.2 Å². The average molecular weight is 437 g/mol. The highest BCUT2D eigenvalue weighted by Crippen LogP contribution is 2.41. The second kappa shape index (κ2) is 7.22. The van der Waals surface area contributed by atoms with Gasteiger partial charge in [0.1, 0.15) is 5.52 Å².